The SMILES string of the molecule is Cc1ccccc1-c1ncc(CN2CCN([C@H]3CCNC3)CC2)s1. The van der Waals surface area contributed by atoms with Crippen LogP contribution >= 0.6 is 11.3 Å². The van der Waals surface area contributed by atoms with Crippen molar-refractivity contribution in [2.45, 2.75) is 25.9 Å². The molecule has 128 valence electrons. The van der Waals surface area contributed by atoms with Crippen LogP contribution in [0.4, 0.5) is 0 Å². The van der Waals surface area contributed by atoms with Crippen molar-refractivity contribution in [2.75, 3.05) is 39.3 Å². The van der Waals surface area contributed by atoms with Crippen LogP contribution in [0.2, 0.25) is 0 Å². The van der Waals surface area contributed by atoms with Gasteiger partial charge in [-0.25, -0.2) is 4.98 Å². The van der Waals surface area contributed by atoms with E-state index in [2.05, 4.69) is 57.5 Å². The molecule has 0 radical (unpaired) electrons. The number of aromatic nitrogens is 1. The van der Waals surface area contributed by atoms with E-state index < -0.39 is 0 Å². The highest BCUT2D eigenvalue weighted by Gasteiger charge is 2.26. The quantitative estimate of drug-likeness (QED) is 0.925. The summed E-state index contributed by atoms with van der Waals surface area (Å²) in [7, 11) is 0. The predicted octanol–water partition coefficient (Wildman–Crippen LogP) is 2.60. The van der Waals surface area contributed by atoms with Crippen molar-refractivity contribution in [3.05, 3.63) is 40.9 Å². The van der Waals surface area contributed by atoms with Crippen LogP contribution in [0.25, 0.3) is 10.6 Å². The molecule has 2 saturated heterocycles. The van der Waals surface area contributed by atoms with E-state index >= 15 is 0 Å². The van der Waals surface area contributed by atoms with E-state index in [1.54, 1.807) is 0 Å². The summed E-state index contributed by atoms with van der Waals surface area (Å²) in [6, 6.07) is 9.29. The van der Waals surface area contributed by atoms with Gasteiger partial charge in [0.25, 0.3) is 0 Å². The molecular formula is C19H26N4S. The number of thiazole rings is 1. The molecule has 1 atom stereocenters. The third-order valence-corrected chi connectivity index (χ3v) is 6.28. The van der Waals surface area contributed by atoms with E-state index in [-0.39, 0.29) is 0 Å². The molecule has 1 N–H and O–H groups in total. The monoisotopic (exact) mass is 342 g/mol. The number of nitrogens with zero attached hydrogens (tertiary/aromatic N) is 3. The van der Waals surface area contributed by atoms with Crippen LogP contribution in [0, 0.1) is 6.92 Å². The Morgan fingerprint density at radius 2 is 2.04 bits per heavy atom. The number of piperazine rings is 1. The average molecular weight is 343 g/mol. The number of hydrogen-bond acceptors (Lipinski definition) is 5. The first-order chi connectivity index (χ1) is 11.8. The van der Waals surface area contributed by atoms with Gasteiger partial charge in [-0.1, -0.05) is 24.3 Å². The summed E-state index contributed by atoms with van der Waals surface area (Å²) in [5.41, 5.74) is 2.57. The zero-order valence-corrected chi connectivity index (χ0v) is 15.2. The Morgan fingerprint density at radius 3 is 2.79 bits per heavy atom. The molecule has 1 aromatic heterocycles. The van der Waals surface area contributed by atoms with E-state index in [1.165, 1.54) is 61.7 Å². The minimum atomic E-state index is 0.767. The Kier molecular flexibility index (Phi) is 4.94. The van der Waals surface area contributed by atoms with Gasteiger partial charge in [0, 0.05) is 61.9 Å². The molecule has 0 spiro atoms. The maximum absolute atomic E-state index is 4.66. The molecule has 2 aliphatic heterocycles. The van der Waals surface area contributed by atoms with E-state index in [0.29, 0.717) is 0 Å². The van der Waals surface area contributed by atoms with Gasteiger partial charge >= 0.3 is 0 Å². The second kappa shape index (κ2) is 7.31. The van der Waals surface area contributed by atoms with Crippen molar-refractivity contribution in [3.8, 4) is 10.6 Å². The lowest BCUT2D eigenvalue weighted by molar-refractivity contribution is 0.0987. The highest BCUT2D eigenvalue weighted by Crippen LogP contribution is 2.28. The fourth-order valence-electron chi connectivity index (χ4n) is 3.78. The van der Waals surface area contributed by atoms with Gasteiger partial charge in [0.15, 0.2) is 0 Å². The predicted molar refractivity (Wildman–Crippen MR) is 100 cm³/mol. The summed E-state index contributed by atoms with van der Waals surface area (Å²) in [6.07, 6.45) is 3.38. The lowest BCUT2D eigenvalue weighted by atomic mass is 10.1. The number of nitrogens with one attached hydrogen (secondary N) is 1. The third-order valence-electron chi connectivity index (χ3n) is 5.27. The van der Waals surface area contributed by atoms with Crippen molar-refractivity contribution < 1.29 is 0 Å². The van der Waals surface area contributed by atoms with E-state index in [1.807, 2.05) is 11.3 Å². The molecule has 0 unspecified atom stereocenters. The van der Waals surface area contributed by atoms with Crippen LogP contribution in [-0.2, 0) is 6.54 Å². The number of aryl methyl sites for hydroxylation is 1. The summed E-state index contributed by atoms with van der Waals surface area (Å²) < 4.78 is 0. The van der Waals surface area contributed by atoms with Gasteiger partial charge in [0.1, 0.15) is 5.01 Å². The molecule has 24 heavy (non-hydrogen) atoms. The highest BCUT2D eigenvalue weighted by molar-refractivity contribution is 7.15. The summed E-state index contributed by atoms with van der Waals surface area (Å²) in [5, 5.41) is 4.63. The van der Waals surface area contributed by atoms with Crippen molar-refractivity contribution in [1.29, 1.82) is 0 Å². The molecule has 0 aliphatic carbocycles. The third kappa shape index (κ3) is 3.54. The van der Waals surface area contributed by atoms with Gasteiger partial charge in [-0.3, -0.25) is 9.80 Å². The minimum Gasteiger partial charge on any atom is -0.315 e. The fraction of sp³-hybridized carbons (Fsp3) is 0.526. The Labute approximate surface area is 148 Å². The second-order valence-electron chi connectivity index (χ2n) is 6.91. The summed E-state index contributed by atoms with van der Waals surface area (Å²) in [5.74, 6) is 0. The van der Waals surface area contributed by atoms with Crippen molar-refractivity contribution in [1.82, 2.24) is 20.1 Å². The molecule has 2 aromatic rings. The van der Waals surface area contributed by atoms with Gasteiger partial charge < -0.3 is 5.32 Å². The average Bonchev–Trinajstić information content (AvgIpc) is 3.28. The van der Waals surface area contributed by atoms with Gasteiger partial charge in [-0.15, -0.1) is 11.3 Å². The second-order valence-corrected chi connectivity index (χ2v) is 8.02. The van der Waals surface area contributed by atoms with Crippen molar-refractivity contribution in [3.63, 3.8) is 0 Å². The van der Waals surface area contributed by atoms with Gasteiger partial charge in [-0.2, -0.15) is 0 Å². The normalized spacial score (nSPS) is 23.0. The molecule has 4 nitrogen and oxygen atoms in total. The topological polar surface area (TPSA) is 31.4 Å². The molecule has 1 aromatic carbocycles. The first-order valence-corrected chi connectivity index (χ1v) is 9.79. The molecule has 2 aliphatic rings. The highest BCUT2D eigenvalue weighted by atomic mass is 32.1. The van der Waals surface area contributed by atoms with E-state index in [4.69, 9.17) is 0 Å². The number of benzene rings is 1. The summed E-state index contributed by atoms with van der Waals surface area (Å²) in [4.78, 5) is 11.3. The maximum Gasteiger partial charge on any atom is 0.123 e. The van der Waals surface area contributed by atoms with E-state index in [9.17, 15) is 0 Å². The number of hydrogen-bond donors (Lipinski definition) is 1. The van der Waals surface area contributed by atoms with Crippen LogP contribution in [0.3, 0.4) is 0 Å². The summed E-state index contributed by atoms with van der Waals surface area (Å²) >= 11 is 1.84. The molecular weight excluding hydrogens is 316 g/mol. The minimum absolute atomic E-state index is 0.767. The first-order valence-electron chi connectivity index (χ1n) is 8.97. The van der Waals surface area contributed by atoms with Gasteiger partial charge in [-0.05, 0) is 25.5 Å². The first kappa shape index (κ1) is 16.2. The lowest BCUT2D eigenvalue weighted by Crippen LogP contribution is -2.50. The molecule has 0 saturated carbocycles. The van der Waals surface area contributed by atoms with Crippen LogP contribution < -0.4 is 5.32 Å². The largest absolute Gasteiger partial charge is 0.315 e. The van der Waals surface area contributed by atoms with Gasteiger partial charge in [0.2, 0.25) is 0 Å². The van der Waals surface area contributed by atoms with Crippen molar-refractivity contribution in [2.24, 2.45) is 0 Å². The van der Waals surface area contributed by atoms with Gasteiger partial charge in [0.05, 0.1) is 0 Å². The zero-order chi connectivity index (χ0) is 16.4. The van der Waals surface area contributed by atoms with Crippen LogP contribution in [0.5, 0.6) is 0 Å². The smallest absolute Gasteiger partial charge is 0.123 e. The maximum atomic E-state index is 4.66. The van der Waals surface area contributed by atoms with Crippen LogP contribution in [0.15, 0.2) is 30.5 Å². The fourth-order valence-corrected chi connectivity index (χ4v) is 4.82. The lowest BCUT2D eigenvalue weighted by Gasteiger charge is -2.37. The van der Waals surface area contributed by atoms with Crippen LogP contribution in [-0.4, -0.2) is 60.1 Å². The Bertz CT molecular complexity index is 670. The summed E-state index contributed by atoms with van der Waals surface area (Å²) in [6.45, 7) is 10.3. The molecule has 5 heteroatoms. The Morgan fingerprint density at radius 1 is 1.21 bits per heavy atom. The molecule has 4 rings (SSSR count). The van der Waals surface area contributed by atoms with Crippen LogP contribution in [0.1, 0.15) is 16.9 Å². The molecule has 3 heterocycles. The zero-order valence-electron chi connectivity index (χ0n) is 14.4. The standard InChI is InChI=1S/C19H26N4S/c1-15-4-2-3-5-18(15)19-21-13-17(24-19)14-22-8-10-23(11-9-22)16-6-7-20-12-16/h2-5,13,16,20H,6-12,14H2,1H3/t16-/m0/s1. The molecule has 0 amide bonds. The van der Waals surface area contributed by atoms with E-state index in [0.717, 1.165) is 17.6 Å². The Hall–Kier alpha value is -1.27. The molecule has 2 fully saturated rings. The Balaban J connectivity index is 1.34. The molecule has 0 bridgehead atoms. The number of rotatable bonds is 4. The van der Waals surface area contributed by atoms with Crippen molar-refractivity contribution >= 4 is 11.3 Å².